The first-order chi connectivity index (χ1) is 16.1. The van der Waals surface area contributed by atoms with Crippen molar-refractivity contribution in [3.05, 3.63) is 89.5 Å². The maximum Gasteiger partial charge on any atom is 0.227 e. The van der Waals surface area contributed by atoms with Crippen molar-refractivity contribution in [2.75, 3.05) is 18.1 Å². The number of aromatic nitrogens is 2. The molecule has 1 saturated heterocycles. The summed E-state index contributed by atoms with van der Waals surface area (Å²) < 4.78 is 21.7. The Morgan fingerprint density at radius 3 is 2.73 bits per heavy atom. The maximum absolute atomic E-state index is 13.7. The number of carbonyl (C=O) groups is 1. The van der Waals surface area contributed by atoms with Gasteiger partial charge in [0.2, 0.25) is 5.91 Å². The molecular formula is C26H23ClFN3O2. The van der Waals surface area contributed by atoms with Crippen molar-refractivity contribution in [3.8, 4) is 5.75 Å². The second-order valence-electron chi connectivity index (χ2n) is 8.13. The number of halogens is 2. The van der Waals surface area contributed by atoms with Crippen LogP contribution >= 0.6 is 11.6 Å². The van der Waals surface area contributed by atoms with Gasteiger partial charge in [-0.3, -0.25) is 4.79 Å². The summed E-state index contributed by atoms with van der Waals surface area (Å²) in [5.74, 6) is 1.10. The van der Waals surface area contributed by atoms with E-state index in [2.05, 4.69) is 4.57 Å². The molecule has 0 radical (unpaired) electrons. The quantitative estimate of drug-likeness (QED) is 0.324. The van der Waals surface area contributed by atoms with Crippen LogP contribution in [0.3, 0.4) is 0 Å². The molecule has 1 aliphatic heterocycles. The van der Waals surface area contributed by atoms with Crippen molar-refractivity contribution in [2.45, 2.75) is 25.3 Å². The van der Waals surface area contributed by atoms with Gasteiger partial charge in [0.05, 0.1) is 22.7 Å². The Morgan fingerprint density at radius 1 is 1.06 bits per heavy atom. The van der Waals surface area contributed by atoms with Gasteiger partial charge in [0, 0.05) is 31.1 Å². The van der Waals surface area contributed by atoms with Gasteiger partial charge < -0.3 is 14.2 Å². The molecule has 5 nitrogen and oxygen atoms in total. The third kappa shape index (κ3) is 4.44. The molecule has 1 atom stereocenters. The molecule has 33 heavy (non-hydrogen) atoms. The topological polar surface area (TPSA) is 47.4 Å². The number of amides is 1. The second kappa shape index (κ2) is 9.24. The van der Waals surface area contributed by atoms with Crippen molar-refractivity contribution in [1.82, 2.24) is 9.55 Å². The minimum atomic E-state index is -0.352. The fourth-order valence-corrected chi connectivity index (χ4v) is 4.57. The Balaban J connectivity index is 1.36. The van der Waals surface area contributed by atoms with E-state index in [0.717, 1.165) is 23.3 Å². The molecule has 1 aliphatic rings. The van der Waals surface area contributed by atoms with Gasteiger partial charge >= 0.3 is 0 Å². The fourth-order valence-electron chi connectivity index (χ4n) is 4.38. The van der Waals surface area contributed by atoms with Crippen molar-refractivity contribution in [3.63, 3.8) is 0 Å². The fraction of sp³-hybridized carbons (Fsp3) is 0.231. The number of carbonyl (C=O) groups excluding carboxylic acids is 1. The van der Waals surface area contributed by atoms with E-state index < -0.39 is 0 Å². The number of hydrogen-bond acceptors (Lipinski definition) is 3. The van der Waals surface area contributed by atoms with Crippen LogP contribution in [0, 0.1) is 5.82 Å². The molecule has 1 aromatic heterocycles. The minimum Gasteiger partial charge on any atom is -0.492 e. The first kappa shape index (κ1) is 21.5. The average Bonchev–Trinajstić information content (AvgIpc) is 3.38. The SMILES string of the molecule is O=C1CC(c2nc3ccccc3n2CCCOc2ccccc2Cl)CN1c1cccc(F)c1. The number of ether oxygens (including phenoxy) is 1. The van der Waals surface area contributed by atoms with Crippen LogP contribution in [0.1, 0.15) is 24.6 Å². The minimum absolute atomic E-state index is 0.0220. The Labute approximate surface area is 196 Å². The third-order valence-corrected chi connectivity index (χ3v) is 6.23. The summed E-state index contributed by atoms with van der Waals surface area (Å²) in [6, 6.07) is 21.6. The molecule has 2 heterocycles. The molecule has 7 heteroatoms. The Morgan fingerprint density at radius 2 is 1.88 bits per heavy atom. The summed E-state index contributed by atoms with van der Waals surface area (Å²) >= 11 is 6.18. The van der Waals surface area contributed by atoms with Gasteiger partial charge in [-0.2, -0.15) is 0 Å². The highest BCUT2D eigenvalue weighted by Crippen LogP contribution is 2.33. The lowest BCUT2D eigenvalue weighted by molar-refractivity contribution is -0.117. The lowest BCUT2D eigenvalue weighted by Gasteiger charge is -2.17. The molecule has 4 aromatic rings. The molecule has 0 aliphatic carbocycles. The van der Waals surface area contributed by atoms with E-state index in [0.29, 0.717) is 42.6 Å². The van der Waals surface area contributed by atoms with E-state index in [4.69, 9.17) is 21.3 Å². The zero-order valence-corrected chi connectivity index (χ0v) is 18.7. The van der Waals surface area contributed by atoms with Crippen molar-refractivity contribution >= 4 is 34.2 Å². The summed E-state index contributed by atoms with van der Waals surface area (Å²) in [5, 5.41) is 0.591. The van der Waals surface area contributed by atoms with E-state index >= 15 is 0 Å². The predicted molar refractivity (Wildman–Crippen MR) is 127 cm³/mol. The first-order valence-electron chi connectivity index (χ1n) is 11.0. The molecule has 168 valence electrons. The normalized spacial score (nSPS) is 16.0. The standard InChI is InChI=1S/C26H23ClFN3O2/c27-21-9-1-4-12-24(21)33-14-6-13-30-23-11-3-2-10-22(23)29-26(30)18-15-25(32)31(17-18)20-8-5-7-19(28)16-20/h1-5,7-12,16,18H,6,13-15,17H2. The molecular weight excluding hydrogens is 441 g/mol. The number of benzene rings is 3. The smallest absolute Gasteiger partial charge is 0.227 e. The second-order valence-corrected chi connectivity index (χ2v) is 8.54. The monoisotopic (exact) mass is 463 g/mol. The van der Waals surface area contributed by atoms with Crippen LogP contribution in [-0.4, -0.2) is 28.6 Å². The van der Waals surface area contributed by atoms with Crippen LogP contribution in [0.5, 0.6) is 5.75 Å². The first-order valence-corrected chi connectivity index (χ1v) is 11.4. The molecule has 1 unspecified atom stereocenters. The van der Waals surface area contributed by atoms with Crippen molar-refractivity contribution in [2.24, 2.45) is 0 Å². The van der Waals surface area contributed by atoms with Gasteiger partial charge in [0.25, 0.3) is 0 Å². The number of imidazole rings is 1. The van der Waals surface area contributed by atoms with E-state index in [1.165, 1.54) is 12.1 Å². The zero-order chi connectivity index (χ0) is 22.8. The summed E-state index contributed by atoms with van der Waals surface area (Å²) in [4.78, 5) is 19.3. The van der Waals surface area contributed by atoms with E-state index in [1.54, 1.807) is 23.1 Å². The van der Waals surface area contributed by atoms with Gasteiger partial charge in [-0.05, 0) is 48.9 Å². The molecule has 5 rings (SSSR count). The maximum atomic E-state index is 13.7. The lowest BCUT2D eigenvalue weighted by atomic mass is 10.1. The number of rotatable bonds is 7. The van der Waals surface area contributed by atoms with Crippen LogP contribution in [-0.2, 0) is 11.3 Å². The van der Waals surface area contributed by atoms with Gasteiger partial charge in [0.1, 0.15) is 17.4 Å². The van der Waals surface area contributed by atoms with E-state index in [-0.39, 0.29) is 17.6 Å². The Bertz CT molecular complexity index is 1310. The number of anilines is 1. The summed E-state index contributed by atoms with van der Waals surface area (Å²) in [6.45, 7) is 1.68. The van der Waals surface area contributed by atoms with Crippen LogP contribution in [0.25, 0.3) is 11.0 Å². The van der Waals surface area contributed by atoms with Gasteiger partial charge in [0.15, 0.2) is 0 Å². The van der Waals surface area contributed by atoms with Gasteiger partial charge in [-0.25, -0.2) is 9.37 Å². The number of para-hydroxylation sites is 3. The van der Waals surface area contributed by atoms with Crippen LogP contribution in [0.15, 0.2) is 72.8 Å². The van der Waals surface area contributed by atoms with Crippen LogP contribution in [0.4, 0.5) is 10.1 Å². The van der Waals surface area contributed by atoms with Crippen molar-refractivity contribution in [1.29, 1.82) is 0 Å². The lowest BCUT2D eigenvalue weighted by Crippen LogP contribution is -2.24. The number of hydrogen-bond donors (Lipinski definition) is 0. The van der Waals surface area contributed by atoms with Crippen molar-refractivity contribution < 1.29 is 13.9 Å². The molecule has 3 aromatic carbocycles. The number of aryl methyl sites for hydroxylation is 1. The molecule has 1 amide bonds. The third-order valence-electron chi connectivity index (χ3n) is 5.91. The van der Waals surface area contributed by atoms with E-state index in [1.807, 2.05) is 42.5 Å². The summed E-state index contributed by atoms with van der Waals surface area (Å²) in [5.41, 5.74) is 2.51. The largest absolute Gasteiger partial charge is 0.492 e. The molecule has 1 fully saturated rings. The predicted octanol–water partition coefficient (Wildman–Crippen LogP) is 5.82. The molecule has 0 N–H and O–H groups in total. The molecule has 0 bridgehead atoms. The number of fused-ring (bicyclic) bond motifs is 1. The Hall–Kier alpha value is -3.38. The van der Waals surface area contributed by atoms with Crippen LogP contribution < -0.4 is 9.64 Å². The highest BCUT2D eigenvalue weighted by atomic mass is 35.5. The molecule has 0 saturated carbocycles. The van der Waals surface area contributed by atoms with Gasteiger partial charge in [-0.1, -0.05) is 41.9 Å². The highest BCUT2D eigenvalue weighted by molar-refractivity contribution is 6.32. The zero-order valence-electron chi connectivity index (χ0n) is 18.0. The molecule has 0 spiro atoms. The number of nitrogens with zero attached hydrogens (tertiary/aromatic N) is 3. The average molecular weight is 464 g/mol. The van der Waals surface area contributed by atoms with Gasteiger partial charge in [-0.15, -0.1) is 0 Å². The summed E-state index contributed by atoms with van der Waals surface area (Å²) in [6.07, 6.45) is 1.10. The van der Waals surface area contributed by atoms with Crippen LogP contribution in [0.2, 0.25) is 5.02 Å². The highest BCUT2D eigenvalue weighted by Gasteiger charge is 2.34. The Kier molecular flexibility index (Phi) is 6.01. The van der Waals surface area contributed by atoms with E-state index in [9.17, 15) is 9.18 Å². The summed E-state index contributed by atoms with van der Waals surface area (Å²) in [7, 11) is 0.